The molecule has 0 bridgehead atoms. The fraction of sp³-hybridized carbons (Fsp3) is 0.938. The first kappa shape index (κ1) is 17.1. The van der Waals surface area contributed by atoms with Gasteiger partial charge in [-0.15, -0.1) is 11.8 Å². The Morgan fingerprint density at radius 1 is 1.14 bits per heavy atom. The average Bonchev–Trinajstić information content (AvgIpc) is 2.55. The van der Waals surface area contributed by atoms with Gasteiger partial charge in [-0.25, -0.2) is 0 Å². The zero-order chi connectivity index (χ0) is 15.1. The number of carbonyl (C=O) groups is 1. The molecule has 0 unspecified atom stereocenters. The molecule has 2 aliphatic heterocycles. The number of carbonyl (C=O) groups excluding carboxylic acids is 1. The number of nitrogens with zero attached hydrogens (tertiary/aromatic N) is 2. The SMILES string of the molecule is CCN(CC)C1CCN(C(=O)CSC2CCNCC2)CC1. The molecule has 2 aliphatic rings. The minimum atomic E-state index is 0.358. The van der Waals surface area contributed by atoms with Gasteiger partial charge >= 0.3 is 0 Å². The zero-order valence-electron chi connectivity index (χ0n) is 13.6. The summed E-state index contributed by atoms with van der Waals surface area (Å²) >= 11 is 1.87. The molecular formula is C16H31N3OS. The highest BCUT2D eigenvalue weighted by molar-refractivity contribution is 8.00. The maximum Gasteiger partial charge on any atom is 0.232 e. The Hall–Kier alpha value is -0.260. The van der Waals surface area contributed by atoms with Crippen molar-refractivity contribution in [2.24, 2.45) is 0 Å². The summed E-state index contributed by atoms with van der Waals surface area (Å²) in [5.74, 6) is 1.04. The van der Waals surface area contributed by atoms with Gasteiger partial charge in [0.25, 0.3) is 0 Å². The summed E-state index contributed by atoms with van der Waals surface area (Å²) in [5, 5.41) is 4.06. The molecule has 2 rings (SSSR count). The van der Waals surface area contributed by atoms with Crippen molar-refractivity contribution < 1.29 is 4.79 Å². The number of rotatable bonds is 6. The van der Waals surface area contributed by atoms with Crippen LogP contribution in [0.1, 0.15) is 39.5 Å². The van der Waals surface area contributed by atoms with Gasteiger partial charge in [-0.2, -0.15) is 0 Å². The summed E-state index contributed by atoms with van der Waals surface area (Å²) in [6.07, 6.45) is 4.71. The number of hydrogen-bond donors (Lipinski definition) is 1. The molecule has 2 saturated heterocycles. The van der Waals surface area contributed by atoms with Crippen molar-refractivity contribution in [1.82, 2.24) is 15.1 Å². The Bertz CT molecular complexity index is 309. The highest BCUT2D eigenvalue weighted by Crippen LogP contribution is 2.22. The molecule has 5 heteroatoms. The molecule has 0 radical (unpaired) electrons. The van der Waals surface area contributed by atoms with E-state index in [1.54, 1.807) is 0 Å². The molecule has 2 fully saturated rings. The van der Waals surface area contributed by atoms with E-state index in [0.717, 1.165) is 52.1 Å². The summed E-state index contributed by atoms with van der Waals surface area (Å²) in [4.78, 5) is 17.0. The third kappa shape index (κ3) is 5.15. The first-order valence-corrected chi connectivity index (χ1v) is 9.63. The predicted molar refractivity (Wildman–Crippen MR) is 90.9 cm³/mol. The topological polar surface area (TPSA) is 35.6 Å². The standard InChI is InChI=1S/C16H31N3OS/c1-3-18(4-2)14-7-11-19(12-8-14)16(20)13-21-15-5-9-17-10-6-15/h14-15,17H,3-13H2,1-2H3. The highest BCUT2D eigenvalue weighted by Gasteiger charge is 2.26. The second-order valence-corrected chi connectivity index (χ2v) is 7.38. The normalized spacial score (nSPS) is 22.0. The van der Waals surface area contributed by atoms with Crippen molar-refractivity contribution in [3.8, 4) is 0 Å². The maximum atomic E-state index is 12.3. The summed E-state index contributed by atoms with van der Waals surface area (Å²) in [6.45, 7) is 10.8. The van der Waals surface area contributed by atoms with Gasteiger partial charge in [0.05, 0.1) is 5.75 Å². The third-order valence-corrected chi connectivity index (χ3v) is 6.23. The molecular weight excluding hydrogens is 282 g/mol. The van der Waals surface area contributed by atoms with Crippen LogP contribution in [0.2, 0.25) is 0 Å². The molecule has 1 amide bonds. The van der Waals surface area contributed by atoms with Crippen molar-refractivity contribution in [2.75, 3.05) is 45.0 Å². The lowest BCUT2D eigenvalue weighted by Gasteiger charge is -2.37. The Morgan fingerprint density at radius 3 is 2.33 bits per heavy atom. The quantitative estimate of drug-likeness (QED) is 0.811. The van der Waals surface area contributed by atoms with Crippen LogP contribution in [0.4, 0.5) is 0 Å². The van der Waals surface area contributed by atoms with E-state index >= 15 is 0 Å². The monoisotopic (exact) mass is 313 g/mol. The lowest BCUT2D eigenvalue weighted by Crippen LogP contribution is -2.47. The summed E-state index contributed by atoms with van der Waals surface area (Å²) in [7, 11) is 0. The lowest BCUT2D eigenvalue weighted by molar-refractivity contribution is -0.129. The maximum absolute atomic E-state index is 12.3. The number of piperidine rings is 2. The largest absolute Gasteiger partial charge is 0.342 e. The van der Waals surface area contributed by atoms with Crippen LogP contribution in [0.3, 0.4) is 0 Å². The predicted octanol–water partition coefficient (Wildman–Crippen LogP) is 1.80. The molecule has 0 spiro atoms. The van der Waals surface area contributed by atoms with Crippen LogP contribution in [0.25, 0.3) is 0 Å². The van der Waals surface area contributed by atoms with Crippen LogP contribution in [0, 0.1) is 0 Å². The van der Waals surface area contributed by atoms with Crippen molar-refractivity contribution in [3.63, 3.8) is 0 Å². The van der Waals surface area contributed by atoms with Crippen molar-refractivity contribution in [3.05, 3.63) is 0 Å². The zero-order valence-corrected chi connectivity index (χ0v) is 14.5. The van der Waals surface area contributed by atoms with Crippen LogP contribution in [0.15, 0.2) is 0 Å². The van der Waals surface area contributed by atoms with Gasteiger partial charge in [-0.05, 0) is 51.9 Å². The molecule has 122 valence electrons. The van der Waals surface area contributed by atoms with Gasteiger partial charge in [0.15, 0.2) is 0 Å². The Balaban J connectivity index is 1.67. The highest BCUT2D eigenvalue weighted by atomic mass is 32.2. The first-order chi connectivity index (χ1) is 10.2. The number of likely N-dealkylation sites (tertiary alicyclic amines) is 1. The molecule has 4 nitrogen and oxygen atoms in total. The molecule has 2 heterocycles. The second kappa shape index (κ2) is 9.01. The van der Waals surface area contributed by atoms with Gasteiger partial charge in [0, 0.05) is 24.4 Å². The number of hydrogen-bond acceptors (Lipinski definition) is 4. The molecule has 0 aromatic carbocycles. The second-order valence-electron chi connectivity index (χ2n) is 6.09. The Kier molecular flexibility index (Phi) is 7.34. The van der Waals surface area contributed by atoms with E-state index in [0.29, 0.717) is 23.0 Å². The molecule has 21 heavy (non-hydrogen) atoms. The van der Waals surface area contributed by atoms with E-state index in [1.807, 2.05) is 11.8 Å². The smallest absolute Gasteiger partial charge is 0.232 e. The van der Waals surface area contributed by atoms with Crippen molar-refractivity contribution in [1.29, 1.82) is 0 Å². The van der Waals surface area contributed by atoms with Crippen LogP contribution in [0.5, 0.6) is 0 Å². The van der Waals surface area contributed by atoms with Gasteiger partial charge in [-0.3, -0.25) is 4.79 Å². The first-order valence-electron chi connectivity index (χ1n) is 8.58. The van der Waals surface area contributed by atoms with E-state index in [1.165, 1.54) is 12.8 Å². The van der Waals surface area contributed by atoms with Crippen molar-refractivity contribution >= 4 is 17.7 Å². The van der Waals surface area contributed by atoms with Gasteiger partial charge in [0.1, 0.15) is 0 Å². The third-order valence-electron chi connectivity index (χ3n) is 4.87. The van der Waals surface area contributed by atoms with Crippen LogP contribution in [-0.4, -0.2) is 72.0 Å². The summed E-state index contributed by atoms with van der Waals surface area (Å²) < 4.78 is 0. The average molecular weight is 314 g/mol. The molecule has 0 aliphatic carbocycles. The Morgan fingerprint density at radius 2 is 1.76 bits per heavy atom. The lowest BCUT2D eigenvalue weighted by atomic mass is 10.0. The van der Waals surface area contributed by atoms with E-state index in [-0.39, 0.29) is 0 Å². The van der Waals surface area contributed by atoms with Gasteiger partial charge in [0.2, 0.25) is 5.91 Å². The fourth-order valence-corrected chi connectivity index (χ4v) is 4.59. The molecule has 0 atom stereocenters. The van der Waals surface area contributed by atoms with Crippen LogP contribution in [-0.2, 0) is 4.79 Å². The number of amides is 1. The molecule has 0 aromatic heterocycles. The van der Waals surface area contributed by atoms with Gasteiger partial charge < -0.3 is 15.1 Å². The Labute approximate surface area is 134 Å². The van der Waals surface area contributed by atoms with E-state index in [2.05, 4.69) is 29.0 Å². The van der Waals surface area contributed by atoms with Crippen molar-refractivity contribution in [2.45, 2.75) is 50.8 Å². The number of nitrogens with one attached hydrogen (secondary N) is 1. The molecule has 0 saturated carbocycles. The number of thioether (sulfide) groups is 1. The minimum Gasteiger partial charge on any atom is -0.342 e. The molecule has 0 aromatic rings. The van der Waals surface area contributed by atoms with E-state index in [9.17, 15) is 4.79 Å². The van der Waals surface area contributed by atoms with Crippen LogP contribution >= 0.6 is 11.8 Å². The summed E-state index contributed by atoms with van der Waals surface area (Å²) in [5.41, 5.74) is 0. The molecule has 1 N–H and O–H groups in total. The fourth-order valence-electron chi connectivity index (χ4n) is 3.46. The van der Waals surface area contributed by atoms with E-state index in [4.69, 9.17) is 0 Å². The van der Waals surface area contributed by atoms with E-state index < -0.39 is 0 Å². The van der Waals surface area contributed by atoms with Gasteiger partial charge in [-0.1, -0.05) is 13.8 Å². The minimum absolute atomic E-state index is 0.358. The van der Waals surface area contributed by atoms with Crippen LogP contribution < -0.4 is 5.32 Å². The summed E-state index contributed by atoms with van der Waals surface area (Å²) in [6, 6.07) is 0.682.